The minimum Gasteiger partial charge on any atom is -0.387 e. The lowest BCUT2D eigenvalue weighted by molar-refractivity contribution is -0.220. The third-order valence-electron chi connectivity index (χ3n) is 11.8. The maximum Gasteiger partial charge on any atom is 0.472 e. The van der Waals surface area contributed by atoms with Crippen LogP contribution in [0.2, 0.25) is 0 Å². The van der Waals surface area contributed by atoms with Crippen molar-refractivity contribution in [2.75, 3.05) is 6.61 Å². The minimum atomic E-state index is -5.07. The van der Waals surface area contributed by atoms with Crippen LogP contribution < -0.4 is 5.32 Å². The van der Waals surface area contributed by atoms with Crippen molar-refractivity contribution in [3.05, 3.63) is 12.2 Å². The molecule has 0 aromatic heterocycles. The van der Waals surface area contributed by atoms with E-state index in [4.69, 9.17) is 9.05 Å². The van der Waals surface area contributed by atoms with E-state index in [0.717, 1.165) is 44.9 Å². The molecule has 1 aliphatic carbocycles. The van der Waals surface area contributed by atoms with Gasteiger partial charge < -0.3 is 40.8 Å². The van der Waals surface area contributed by atoms with E-state index in [0.29, 0.717) is 6.42 Å². The van der Waals surface area contributed by atoms with Gasteiger partial charge >= 0.3 is 7.82 Å². The van der Waals surface area contributed by atoms with Crippen LogP contribution in [0.1, 0.15) is 219 Å². The molecule has 13 heteroatoms. The van der Waals surface area contributed by atoms with E-state index in [2.05, 4.69) is 19.2 Å². The van der Waals surface area contributed by atoms with Crippen molar-refractivity contribution < 1.29 is 53.9 Å². The number of aliphatic hydroxyl groups is 6. The van der Waals surface area contributed by atoms with Crippen molar-refractivity contribution in [3.63, 3.8) is 0 Å². The van der Waals surface area contributed by atoms with Crippen molar-refractivity contribution in [2.45, 2.75) is 268 Å². The molecule has 0 radical (unpaired) electrons. The molecule has 1 saturated carbocycles. The van der Waals surface area contributed by atoms with Crippen molar-refractivity contribution >= 4 is 13.7 Å². The van der Waals surface area contributed by atoms with Crippen LogP contribution in [0.15, 0.2) is 12.2 Å². The predicted octanol–water partition coefficient (Wildman–Crippen LogP) is 9.23. The quantitative estimate of drug-likeness (QED) is 0.0166. The summed E-state index contributed by atoms with van der Waals surface area (Å²) in [6, 6.07) is -1.11. The highest BCUT2D eigenvalue weighted by Crippen LogP contribution is 2.47. The molecule has 0 aromatic carbocycles. The fraction of sp³-hybridized carbons (Fsp3) is 0.935. The van der Waals surface area contributed by atoms with Crippen molar-refractivity contribution in [1.29, 1.82) is 0 Å². The zero-order valence-corrected chi connectivity index (χ0v) is 38.2. The fourth-order valence-corrected chi connectivity index (χ4v) is 8.81. The van der Waals surface area contributed by atoms with Crippen LogP contribution in [0.3, 0.4) is 0 Å². The summed E-state index contributed by atoms with van der Waals surface area (Å²) < 4.78 is 22.8. The molecule has 350 valence electrons. The molecule has 0 saturated heterocycles. The number of aliphatic hydroxyl groups excluding tert-OH is 6. The first kappa shape index (κ1) is 56.1. The smallest absolute Gasteiger partial charge is 0.387 e. The topological polar surface area (TPSA) is 206 Å². The highest BCUT2D eigenvalue weighted by molar-refractivity contribution is 7.47. The van der Waals surface area contributed by atoms with Crippen LogP contribution in [0.4, 0.5) is 0 Å². The molecule has 12 nitrogen and oxygen atoms in total. The second-order valence-electron chi connectivity index (χ2n) is 17.3. The Labute approximate surface area is 359 Å². The minimum absolute atomic E-state index is 0.218. The van der Waals surface area contributed by atoms with Gasteiger partial charge in [0.25, 0.3) is 0 Å². The van der Waals surface area contributed by atoms with Gasteiger partial charge in [0.05, 0.1) is 18.8 Å². The first-order chi connectivity index (χ1) is 28.4. The lowest BCUT2D eigenvalue weighted by atomic mass is 9.85. The molecule has 0 spiro atoms. The highest BCUT2D eigenvalue weighted by atomic mass is 31.2. The number of amides is 1. The Morgan fingerprint density at radius 1 is 0.559 bits per heavy atom. The number of hydrogen-bond donors (Lipinski definition) is 8. The van der Waals surface area contributed by atoms with Crippen LogP contribution in [0.25, 0.3) is 0 Å². The first-order valence-electron chi connectivity index (χ1n) is 24.1. The molecule has 0 heterocycles. The first-order valence-corrected chi connectivity index (χ1v) is 25.6. The number of carbonyl (C=O) groups is 1. The van der Waals surface area contributed by atoms with Gasteiger partial charge in [0.15, 0.2) is 0 Å². The van der Waals surface area contributed by atoms with E-state index in [-0.39, 0.29) is 12.3 Å². The van der Waals surface area contributed by atoms with Gasteiger partial charge in [-0.2, -0.15) is 0 Å². The van der Waals surface area contributed by atoms with E-state index in [9.17, 15) is 44.9 Å². The Bertz CT molecular complexity index is 1050. The lowest BCUT2D eigenvalue weighted by Crippen LogP contribution is -2.64. The summed E-state index contributed by atoms with van der Waals surface area (Å²) in [5.41, 5.74) is 0. The summed E-state index contributed by atoms with van der Waals surface area (Å²) in [7, 11) is -5.07. The number of phosphoric acid groups is 1. The fourth-order valence-electron chi connectivity index (χ4n) is 7.84. The maximum absolute atomic E-state index is 12.9. The Morgan fingerprint density at radius 2 is 0.898 bits per heavy atom. The van der Waals surface area contributed by atoms with Crippen LogP contribution >= 0.6 is 7.82 Å². The molecule has 1 rings (SSSR count). The number of nitrogens with one attached hydrogen (secondary N) is 1. The number of rotatable bonds is 40. The van der Waals surface area contributed by atoms with E-state index in [1.807, 2.05) is 6.08 Å². The third-order valence-corrected chi connectivity index (χ3v) is 12.8. The van der Waals surface area contributed by atoms with Gasteiger partial charge in [0.1, 0.15) is 36.6 Å². The number of phosphoric ester groups is 1. The molecule has 6 unspecified atom stereocenters. The van der Waals surface area contributed by atoms with E-state index < -0.39 is 63.2 Å². The second-order valence-corrected chi connectivity index (χ2v) is 18.7. The van der Waals surface area contributed by atoms with Crippen LogP contribution in [-0.2, 0) is 18.4 Å². The molecule has 1 amide bonds. The van der Waals surface area contributed by atoms with Gasteiger partial charge in [-0.1, -0.05) is 206 Å². The summed E-state index contributed by atoms with van der Waals surface area (Å²) in [5, 5.41) is 63.8. The number of hydrogen-bond acceptors (Lipinski definition) is 10. The van der Waals surface area contributed by atoms with Gasteiger partial charge in [0, 0.05) is 6.42 Å². The molecule has 1 aliphatic rings. The van der Waals surface area contributed by atoms with Gasteiger partial charge in [-0.3, -0.25) is 13.8 Å². The van der Waals surface area contributed by atoms with Gasteiger partial charge in [-0.25, -0.2) is 4.57 Å². The van der Waals surface area contributed by atoms with Crippen molar-refractivity contribution in [1.82, 2.24) is 5.32 Å². The predicted molar refractivity (Wildman–Crippen MR) is 237 cm³/mol. The Balaban J connectivity index is 2.33. The van der Waals surface area contributed by atoms with E-state index in [1.165, 1.54) is 154 Å². The summed E-state index contributed by atoms with van der Waals surface area (Å²) in [4.78, 5) is 23.3. The number of carbonyl (C=O) groups excluding carboxylic acids is 1. The summed E-state index contributed by atoms with van der Waals surface area (Å²) in [5.74, 6) is -0.339. The maximum atomic E-state index is 12.9. The third kappa shape index (κ3) is 28.4. The van der Waals surface area contributed by atoms with Crippen molar-refractivity contribution in [3.8, 4) is 0 Å². The molecule has 0 aliphatic heterocycles. The Kier molecular flexibility index (Phi) is 34.8. The molecular weight excluding hydrogens is 773 g/mol. The molecular formula is C46H90NO11P. The SMILES string of the molecule is CCCCCCCCC/C=C/[C@@H](O)[C@H](COP(=O)(O)OC1C(O)C(O)C(O)[C@@H](O)C1O)NC(=O)CCCCCCCCCCCCCCCCCCCCCCCCC. The summed E-state index contributed by atoms with van der Waals surface area (Å²) in [6.45, 7) is 3.81. The summed E-state index contributed by atoms with van der Waals surface area (Å²) in [6.07, 6.45) is 28.9. The van der Waals surface area contributed by atoms with Crippen LogP contribution in [0.5, 0.6) is 0 Å². The molecule has 59 heavy (non-hydrogen) atoms. The van der Waals surface area contributed by atoms with Crippen LogP contribution in [0, 0.1) is 0 Å². The van der Waals surface area contributed by atoms with E-state index in [1.54, 1.807) is 0 Å². The van der Waals surface area contributed by atoms with Gasteiger partial charge in [-0.15, -0.1) is 0 Å². The molecule has 9 atom stereocenters. The average molecular weight is 864 g/mol. The van der Waals surface area contributed by atoms with Crippen LogP contribution in [-0.4, -0.2) is 96.8 Å². The lowest BCUT2D eigenvalue weighted by Gasteiger charge is -2.41. The Hall–Kier alpha value is -0.920. The monoisotopic (exact) mass is 864 g/mol. The average Bonchev–Trinajstić information content (AvgIpc) is 3.22. The molecule has 0 bridgehead atoms. The normalized spacial score (nSPS) is 23.1. The van der Waals surface area contributed by atoms with Crippen molar-refractivity contribution in [2.24, 2.45) is 0 Å². The zero-order chi connectivity index (χ0) is 43.6. The molecule has 1 fully saturated rings. The summed E-state index contributed by atoms with van der Waals surface area (Å²) >= 11 is 0. The van der Waals surface area contributed by atoms with Gasteiger partial charge in [0.2, 0.25) is 5.91 Å². The van der Waals surface area contributed by atoms with E-state index >= 15 is 0 Å². The Morgan fingerprint density at radius 3 is 1.29 bits per heavy atom. The molecule has 8 N–H and O–H groups in total. The zero-order valence-electron chi connectivity index (χ0n) is 37.3. The molecule has 0 aromatic rings. The number of unbranched alkanes of at least 4 members (excludes halogenated alkanes) is 29. The largest absolute Gasteiger partial charge is 0.472 e. The second kappa shape index (κ2) is 36.6. The van der Waals surface area contributed by atoms with Gasteiger partial charge in [-0.05, 0) is 19.3 Å². The number of allylic oxidation sites excluding steroid dienone is 1. The standard InChI is InChI=1S/C46H90NO11P/c1-3-5-7-9-11-13-14-15-16-17-18-19-20-21-22-23-24-25-26-28-30-32-34-36-40(49)47-38(39(48)35-33-31-29-27-12-10-8-6-4-2)37-57-59(55,56)58-46-44(53)42(51)41(50)43(52)45(46)54/h33,35,38-39,41-46,48,50-54H,3-32,34,36-37H2,1-2H3,(H,47,49)(H,55,56)/b35-33+/t38-,39+,41?,42+,43?,44?,45?,46?/m0/s1. The highest BCUT2D eigenvalue weighted by Gasteiger charge is 2.51.